The van der Waals surface area contributed by atoms with Gasteiger partial charge in [0, 0.05) is 22.9 Å². The van der Waals surface area contributed by atoms with Crippen molar-refractivity contribution in [1.82, 2.24) is 15.2 Å². The largest absolute Gasteiger partial charge is 0.497 e. The molecule has 0 atom stereocenters. The van der Waals surface area contributed by atoms with Crippen molar-refractivity contribution in [3.8, 4) is 28.3 Å². The third kappa shape index (κ3) is 3.77. The predicted octanol–water partition coefficient (Wildman–Crippen LogP) is 4.96. The van der Waals surface area contributed by atoms with E-state index in [4.69, 9.17) is 9.72 Å². The second-order valence-corrected chi connectivity index (χ2v) is 5.92. The molecule has 4 rings (SSSR count). The first kappa shape index (κ1) is 16.7. The van der Waals surface area contributed by atoms with E-state index < -0.39 is 0 Å². The molecule has 0 saturated carbocycles. The van der Waals surface area contributed by atoms with E-state index in [0.717, 1.165) is 34.0 Å². The molecule has 1 heterocycles. The SMILES string of the molecule is COc1cccc(Nc2nnc(-c3ccccc3)c(-c3ccccc3)n2)c1. The third-order valence-electron chi connectivity index (χ3n) is 4.11. The van der Waals surface area contributed by atoms with E-state index in [1.165, 1.54) is 0 Å². The van der Waals surface area contributed by atoms with Crippen molar-refractivity contribution in [2.75, 3.05) is 12.4 Å². The highest BCUT2D eigenvalue weighted by Crippen LogP contribution is 2.29. The zero-order valence-corrected chi connectivity index (χ0v) is 14.8. The van der Waals surface area contributed by atoms with Gasteiger partial charge in [-0.2, -0.15) is 0 Å². The number of methoxy groups -OCH3 is 1. The summed E-state index contributed by atoms with van der Waals surface area (Å²) in [7, 11) is 1.64. The van der Waals surface area contributed by atoms with Gasteiger partial charge in [-0.1, -0.05) is 66.7 Å². The number of anilines is 2. The molecule has 132 valence electrons. The van der Waals surface area contributed by atoms with Crippen LogP contribution in [0.5, 0.6) is 5.75 Å². The number of benzene rings is 3. The van der Waals surface area contributed by atoms with E-state index in [0.29, 0.717) is 5.95 Å². The molecule has 0 unspecified atom stereocenters. The van der Waals surface area contributed by atoms with Gasteiger partial charge in [0.1, 0.15) is 17.1 Å². The number of aromatic nitrogens is 3. The van der Waals surface area contributed by atoms with Crippen molar-refractivity contribution in [3.63, 3.8) is 0 Å². The molecule has 0 saturated heterocycles. The lowest BCUT2D eigenvalue weighted by molar-refractivity contribution is 0.415. The van der Waals surface area contributed by atoms with E-state index in [1.54, 1.807) is 7.11 Å². The smallest absolute Gasteiger partial charge is 0.247 e. The summed E-state index contributed by atoms with van der Waals surface area (Å²) in [6.45, 7) is 0. The molecule has 3 aromatic carbocycles. The van der Waals surface area contributed by atoms with Gasteiger partial charge in [-0.3, -0.25) is 0 Å². The Hall–Kier alpha value is -3.73. The van der Waals surface area contributed by atoms with Crippen molar-refractivity contribution in [3.05, 3.63) is 84.9 Å². The Morgan fingerprint density at radius 3 is 2.04 bits per heavy atom. The maximum atomic E-state index is 5.27. The number of nitrogens with zero attached hydrogens (tertiary/aromatic N) is 3. The highest BCUT2D eigenvalue weighted by atomic mass is 16.5. The van der Waals surface area contributed by atoms with Gasteiger partial charge < -0.3 is 10.1 Å². The van der Waals surface area contributed by atoms with E-state index in [2.05, 4.69) is 15.5 Å². The van der Waals surface area contributed by atoms with Gasteiger partial charge in [-0.25, -0.2) is 4.98 Å². The first-order valence-electron chi connectivity index (χ1n) is 8.60. The fourth-order valence-corrected chi connectivity index (χ4v) is 2.80. The van der Waals surface area contributed by atoms with Crippen molar-refractivity contribution in [2.45, 2.75) is 0 Å². The molecular weight excluding hydrogens is 336 g/mol. The Morgan fingerprint density at radius 2 is 1.37 bits per heavy atom. The van der Waals surface area contributed by atoms with E-state index in [-0.39, 0.29) is 0 Å². The molecule has 1 N–H and O–H groups in total. The van der Waals surface area contributed by atoms with Crippen molar-refractivity contribution >= 4 is 11.6 Å². The highest BCUT2D eigenvalue weighted by molar-refractivity contribution is 5.78. The predicted molar refractivity (Wildman–Crippen MR) is 107 cm³/mol. The normalized spacial score (nSPS) is 10.4. The Kier molecular flexibility index (Phi) is 4.74. The molecule has 0 spiro atoms. The molecule has 0 aliphatic rings. The monoisotopic (exact) mass is 354 g/mol. The van der Waals surface area contributed by atoms with Crippen molar-refractivity contribution < 1.29 is 4.74 Å². The van der Waals surface area contributed by atoms with Gasteiger partial charge in [0.05, 0.1) is 7.11 Å². The van der Waals surface area contributed by atoms with Crippen LogP contribution in [0.1, 0.15) is 0 Å². The van der Waals surface area contributed by atoms with Crippen molar-refractivity contribution in [2.24, 2.45) is 0 Å². The van der Waals surface area contributed by atoms with Gasteiger partial charge >= 0.3 is 0 Å². The third-order valence-corrected chi connectivity index (χ3v) is 4.11. The van der Waals surface area contributed by atoms with Gasteiger partial charge in [-0.15, -0.1) is 10.2 Å². The lowest BCUT2D eigenvalue weighted by atomic mass is 10.0. The number of hydrogen-bond acceptors (Lipinski definition) is 5. The highest BCUT2D eigenvalue weighted by Gasteiger charge is 2.13. The molecule has 4 aromatic rings. The summed E-state index contributed by atoms with van der Waals surface area (Å²) in [5, 5.41) is 11.9. The lowest BCUT2D eigenvalue weighted by Gasteiger charge is -2.11. The lowest BCUT2D eigenvalue weighted by Crippen LogP contribution is -2.03. The van der Waals surface area contributed by atoms with Crippen LogP contribution in [-0.2, 0) is 0 Å². The standard InChI is InChI=1S/C22H18N4O/c1-27-19-14-8-13-18(15-19)23-22-24-20(16-9-4-2-5-10-16)21(25-26-22)17-11-6-3-7-12-17/h2-15H,1H3,(H,23,24,26). The Balaban J connectivity index is 1.77. The molecule has 0 fully saturated rings. The molecule has 27 heavy (non-hydrogen) atoms. The van der Waals surface area contributed by atoms with E-state index in [9.17, 15) is 0 Å². The van der Waals surface area contributed by atoms with Gasteiger partial charge in [0.15, 0.2) is 0 Å². The Bertz CT molecular complexity index is 1040. The van der Waals surface area contributed by atoms with E-state index in [1.807, 2.05) is 84.9 Å². The Morgan fingerprint density at radius 1 is 0.704 bits per heavy atom. The molecule has 0 amide bonds. The fourth-order valence-electron chi connectivity index (χ4n) is 2.80. The zero-order chi connectivity index (χ0) is 18.5. The van der Waals surface area contributed by atoms with Crippen LogP contribution in [0.2, 0.25) is 0 Å². The summed E-state index contributed by atoms with van der Waals surface area (Å²) in [4.78, 5) is 4.74. The summed E-state index contributed by atoms with van der Waals surface area (Å²) in [5.41, 5.74) is 4.33. The number of rotatable bonds is 5. The van der Waals surface area contributed by atoms with Crippen LogP contribution < -0.4 is 10.1 Å². The minimum absolute atomic E-state index is 0.432. The first-order valence-corrected chi connectivity index (χ1v) is 8.60. The molecule has 5 nitrogen and oxygen atoms in total. The summed E-state index contributed by atoms with van der Waals surface area (Å²) in [6, 6.07) is 27.6. The molecule has 0 aliphatic carbocycles. The maximum Gasteiger partial charge on any atom is 0.247 e. The molecular formula is C22H18N4O. The summed E-state index contributed by atoms with van der Waals surface area (Å²) in [5.74, 6) is 1.19. The van der Waals surface area contributed by atoms with E-state index >= 15 is 0 Å². The zero-order valence-electron chi connectivity index (χ0n) is 14.8. The number of ether oxygens (including phenoxy) is 1. The quantitative estimate of drug-likeness (QED) is 0.549. The first-order chi connectivity index (χ1) is 13.3. The van der Waals surface area contributed by atoms with Crippen LogP contribution >= 0.6 is 0 Å². The number of hydrogen-bond donors (Lipinski definition) is 1. The average molecular weight is 354 g/mol. The molecule has 5 heteroatoms. The second kappa shape index (κ2) is 7.66. The topological polar surface area (TPSA) is 59.9 Å². The molecule has 0 bridgehead atoms. The molecule has 0 aliphatic heterocycles. The van der Waals surface area contributed by atoms with Crippen molar-refractivity contribution in [1.29, 1.82) is 0 Å². The summed E-state index contributed by atoms with van der Waals surface area (Å²) >= 11 is 0. The van der Waals surface area contributed by atoms with Crippen LogP contribution in [-0.4, -0.2) is 22.3 Å². The minimum atomic E-state index is 0.432. The fraction of sp³-hybridized carbons (Fsp3) is 0.0455. The van der Waals surface area contributed by atoms with Crippen LogP contribution in [0.15, 0.2) is 84.9 Å². The van der Waals surface area contributed by atoms with Gasteiger partial charge in [0.25, 0.3) is 0 Å². The maximum absolute atomic E-state index is 5.27. The van der Waals surface area contributed by atoms with Crippen LogP contribution in [0, 0.1) is 0 Å². The second-order valence-electron chi connectivity index (χ2n) is 5.92. The van der Waals surface area contributed by atoms with Crippen LogP contribution in [0.25, 0.3) is 22.5 Å². The number of nitrogens with one attached hydrogen (secondary N) is 1. The van der Waals surface area contributed by atoms with Crippen LogP contribution in [0.3, 0.4) is 0 Å². The Labute approximate surface area is 157 Å². The van der Waals surface area contributed by atoms with Gasteiger partial charge in [-0.05, 0) is 12.1 Å². The molecule has 0 radical (unpaired) electrons. The molecule has 1 aromatic heterocycles. The van der Waals surface area contributed by atoms with Gasteiger partial charge in [0.2, 0.25) is 5.95 Å². The summed E-state index contributed by atoms with van der Waals surface area (Å²) in [6.07, 6.45) is 0. The average Bonchev–Trinajstić information content (AvgIpc) is 2.75. The summed E-state index contributed by atoms with van der Waals surface area (Å²) < 4.78 is 5.27. The van der Waals surface area contributed by atoms with Crippen LogP contribution in [0.4, 0.5) is 11.6 Å². The minimum Gasteiger partial charge on any atom is -0.497 e.